The molecule has 2 bridgehead atoms. The molecule has 1 aliphatic heterocycles. The molecule has 4 fully saturated rings. The molecule has 1 amide bonds. The van der Waals surface area contributed by atoms with E-state index in [2.05, 4.69) is 20.6 Å². The van der Waals surface area contributed by atoms with Gasteiger partial charge in [0.2, 0.25) is 5.91 Å². The zero-order chi connectivity index (χ0) is 23.5. The summed E-state index contributed by atoms with van der Waals surface area (Å²) < 4.78 is 40.1. The zero-order valence-electron chi connectivity index (χ0n) is 19.1. The summed E-state index contributed by atoms with van der Waals surface area (Å²) in [6.45, 7) is 2.79. The van der Waals surface area contributed by atoms with Gasteiger partial charge in [-0.05, 0) is 49.7 Å². The van der Waals surface area contributed by atoms with Crippen LogP contribution in [0, 0.1) is 5.92 Å². The van der Waals surface area contributed by atoms with Crippen LogP contribution in [0.15, 0.2) is 24.5 Å². The van der Waals surface area contributed by atoms with E-state index in [1.54, 1.807) is 6.07 Å². The first-order chi connectivity index (χ1) is 16.3. The Labute approximate surface area is 196 Å². The van der Waals surface area contributed by atoms with Gasteiger partial charge in [-0.2, -0.15) is 0 Å². The van der Waals surface area contributed by atoms with Crippen molar-refractivity contribution >= 4 is 11.7 Å². The minimum absolute atomic E-state index is 0.0132. The third kappa shape index (κ3) is 3.65. The van der Waals surface area contributed by atoms with Crippen molar-refractivity contribution in [1.29, 1.82) is 0 Å². The van der Waals surface area contributed by atoms with Crippen molar-refractivity contribution in [2.24, 2.45) is 5.92 Å². The van der Waals surface area contributed by atoms with Gasteiger partial charge in [-0.1, -0.05) is 18.2 Å². The van der Waals surface area contributed by atoms with Crippen LogP contribution in [0.2, 0.25) is 0 Å². The van der Waals surface area contributed by atoms with Gasteiger partial charge in [0.1, 0.15) is 12.1 Å². The average molecular weight is 471 g/mol. The molecule has 0 unspecified atom stereocenters. The van der Waals surface area contributed by atoms with E-state index in [4.69, 9.17) is 9.47 Å². The number of carbonyl (C=O) groups excluding carboxylic acids is 1. The molecule has 5 aliphatic rings. The Morgan fingerprint density at radius 2 is 1.97 bits per heavy atom. The predicted molar refractivity (Wildman–Crippen MR) is 119 cm³/mol. The average Bonchev–Trinajstić information content (AvgIpc) is 3.38. The molecular weight excluding hydrogens is 442 g/mol. The van der Waals surface area contributed by atoms with Crippen LogP contribution < -0.4 is 10.6 Å². The number of rotatable bonds is 7. The van der Waals surface area contributed by atoms with Crippen molar-refractivity contribution in [3.05, 3.63) is 52.5 Å². The lowest BCUT2D eigenvalue weighted by Gasteiger charge is -2.61. The van der Waals surface area contributed by atoms with Gasteiger partial charge in [-0.3, -0.25) is 4.79 Å². The summed E-state index contributed by atoms with van der Waals surface area (Å²) in [5, 5.41) is 6.54. The highest BCUT2D eigenvalue weighted by molar-refractivity contribution is 5.80. The van der Waals surface area contributed by atoms with Crippen molar-refractivity contribution in [3.8, 4) is 0 Å². The Bertz CT molecular complexity index is 1120. The molecule has 7 rings (SSSR count). The molecule has 2 heterocycles. The standard InChI is InChI=1S/C25H28F2N4O3/c1-14(16-3-2-4-18-17(16)5-6-25(18,26)27)30-22-21(23-33-7-8-34-23)19(28-13-29-22)9-20(32)31-24-10-15(11-24)12-24/h2-4,13-15,23H,5-12H2,1H3,(H,31,32)(H,28,29,30)/t14-,15?,24?/m1/s1. The van der Waals surface area contributed by atoms with Gasteiger partial charge in [0.05, 0.1) is 36.9 Å². The summed E-state index contributed by atoms with van der Waals surface area (Å²) in [4.78, 5) is 21.6. The van der Waals surface area contributed by atoms with Crippen LogP contribution in [0.5, 0.6) is 0 Å². The summed E-state index contributed by atoms with van der Waals surface area (Å²) in [7, 11) is 0. The van der Waals surface area contributed by atoms with Gasteiger partial charge < -0.3 is 20.1 Å². The van der Waals surface area contributed by atoms with E-state index in [9.17, 15) is 13.6 Å². The monoisotopic (exact) mass is 470 g/mol. The maximum Gasteiger partial charge on any atom is 0.273 e. The van der Waals surface area contributed by atoms with Crippen LogP contribution in [0.3, 0.4) is 0 Å². The van der Waals surface area contributed by atoms with E-state index in [0.29, 0.717) is 42.3 Å². The van der Waals surface area contributed by atoms with Gasteiger partial charge in [-0.25, -0.2) is 18.7 Å². The molecule has 34 heavy (non-hydrogen) atoms. The van der Waals surface area contributed by atoms with Crippen molar-refractivity contribution in [2.45, 2.75) is 69.2 Å². The fourth-order valence-corrected chi connectivity index (χ4v) is 5.92. The molecule has 0 radical (unpaired) electrons. The molecule has 3 saturated carbocycles. The number of nitrogens with one attached hydrogen (secondary N) is 2. The van der Waals surface area contributed by atoms with Crippen molar-refractivity contribution in [1.82, 2.24) is 15.3 Å². The second-order valence-corrected chi connectivity index (χ2v) is 10.1. The van der Waals surface area contributed by atoms with Crippen molar-refractivity contribution < 1.29 is 23.0 Å². The van der Waals surface area contributed by atoms with E-state index < -0.39 is 12.2 Å². The summed E-state index contributed by atoms with van der Waals surface area (Å²) in [5.74, 6) is -1.60. The Balaban J connectivity index is 1.27. The largest absolute Gasteiger partial charge is 0.363 e. The third-order valence-corrected chi connectivity index (χ3v) is 7.71. The zero-order valence-corrected chi connectivity index (χ0v) is 19.1. The molecule has 9 heteroatoms. The van der Waals surface area contributed by atoms with Crippen LogP contribution >= 0.6 is 0 Å². The number of alkyl halides is 2. The van der Waals surface area contributed by atoms with E-state index in [0.717, 1.165) is 30.7 Å². The van der Waals surface area contributed by atoms with Crippen molar-refractivity contribution in [2.75, 3.05) is 18.5 Å². The highest BCUT2D eigenvalue weighted by atomic mass is 19.3. The van der Waals surface area contributed by atoms with Crippen LogP contribution in [0.4, 0.5) is 14.6 Å². The number of amides is 1. The molecule has 2 N–H and O–H groups in total. The van der Waals surface area contributed by atoms with Crippen LogP contribution in [0.1, 0.15) is 72.9 Å². The quantitative estimate of drug-likeness (QED) is 0.638. The molecule has 1 saturated heterocycles. The minimum atomic E-state index is -2.79. The number of aromatic nitrogens is 2. The molecule has 1 atom stereocenters. The van der Waals surface area contributed by atoms with Crippen LogP contribution in [0.25, 0.3) is 0 Å². The van der Waals surface area contributed by atoms with Crippen LogP contribution in [-0.4, -0.2) is 34.6 Å². The van der Waals surface area contributed by atoms with Gasteiger partial charge in [0.25, 0.3) is 5.92 Å². The van der Waals surface area contributed by atoms with Gasteiger partial charge in [-0.15, -0.1) is 0 Å². The number of ether oxygens (including phenoxy) is 2. The van der Waals surface area contributed by atoms with Gasteiger partial charge in [0, 0.05) is 17.5 Å². The molecule has 4 aliphatic carbocycles. The molecule has 1 aromatic heterocycles. The number of halogens is 2. The maximum absolute atomic E-state index is 14.3. The summed E-state index contributed by atoms with van der Waals surface area (Å²) in [6, 6.07) is 4.77. The Hall–Kier alpha value is -2.65. The lowest BCUT2D eigenvalue weighted by Crippen LogP contribution is -2.68. The third-order valence-electron chi connectivity index (χ3n) is 7.71. The number of nitrogens with zero attached hydrogens (tertiary/aromatic N) is 2. The Kier molecular flexibility index (Phi) is 5.11. The second-order valence-electron chi connectivity index (χ2n) is 10.1. The Morgan fingerprint density at radius 1 is 1.21 bits per heavy atom. The number of carbonyl (C=O) groups is 1. The summed E-state index contributed by atoms with van der Waals surface area (Å²) in [6.07, 6.45) is 4.20. The topological polar surface area (TPSA) is 85.4 Å². The van der Waals surface area contributed by atoms with E-state index in [1.165, 1.54) is 12.4 Å². The number of anilines is 1. The molecule has 180 valence electrons. The van der Waals surface area contributed by atoms with E-state index >= 15 is 0 Å². The van der Waals surface area contributed by atoms with Gasteiger partial charge in [0.15, 0.2) is 6.29 Å². The smallest absolute Gasteiger partial charge is 0.273 e. The number of benzene rings is 1. The highest BCUT2D eigenvalue weighted by Crippen LogP contribution is 2.57. The summed E-state index contributed by atoms with van der Waals surface area (Å²) >= 11 is 0. The highest BCUT2D eigenvalue weighted by Gasteiger charge is 2.57. The van der Waals surface area contributed by atoms with E-state index in [1.807, 2.05) is 13.0 Å². The molecule has 0 spiro atoms. The predicted octanol–water partition coefficient (Wildman–Crippen LogP) is 3.94. The van der Waals surface area contributed by atoms with Gasteiger partial charge >= 0.3 is 0 Å². The van der Waals surface area contributed by atoms with Crippen molar-refractivity contribution in [3.63, 3.8) is 0 Å². The number of fused-ring (bicyclic) bond motifs is 1. The maximum atomic E-state index is 14.3. The van der Waals surface area contributed by atoms with Crippen LogP contribution in [-0.2, 0) is 33.0 Å². The first kappa shape index (κ1) is 21.9. The SMILES string of the molecule is C[C@@H](Nc1ncnc(CC(=O)NC23CC(C2)C3)c1C1OCCO1)c1cccc2c1CCC2(F)F. The number of hydrogen-bond acceptors (Lipinski definition) is 6. The Morgan fingerprint density at radius 3 is 2.68 bits per heavy atom. The minimum Gasteiger partial charge on any atom is -0.363 e. The normalized spacial score (nSPS) is 27.4. The first-order valence-electron chi connectivity index (χ1n) is 12.0. The second kappa shape index (κ2) is 7.95. The lowest BCUT2D eigenvalue weighted by atomic mass is 9.50. The fourth-order valence-electron chi connectivity index (χ4n) is 5.92. The van der Waals surface area contributed by atoms with E-state index in [-0.39, 0.29) is 35.9 Å². The fraction of sp³-hybridized carbons (Fsp3) is 0.560. The molecule has 7 nitrogen and oxygen atoms in total. The first-order valence-corrected chi connectivity index (χ1v) is 12.0. The molecule has 1 aromatic carbocycles. The summed E-state index contributed by atoms with van der Waals surface area (Å²) in [5.41, 5.74) is 2.74. The molecular formula is C25H28F2N4O3. The molecule has 2 aromatic rings. The lowest BCUT2D eigenvalue weighted by molar-refractivity contribution is -0.132. The number of hydrogen-bond donors (Lipinski definition) is 2.